The summed E-state index contributed by atoms with van der Waals surface area (Å²) in [7, 11) is -2.18. The lowest BCUT2D eigenvalue weighted by atomic mass is 10.2. The molecule has 29 heavy (non-hydrogen) atoms. The summed E-state index contributed by atoms with van der Waals surface area (Å²) in [6, 6.07) is 15.6. The maximum absolute atomic E-state index is 12.8. The minimum atomic E-state index is -3.70. The van der Waals surface area contributed by atoms with E-state index in [4.69, 9.17) is 4.74 Å². The molecule has 1 heterocycles. The maximum atomic E-state index is 12.8. The molecule has 1 aromatic heterocycles. The van der Waals surface area contributed by atoms with Crippen molar-refractivity contribution in [1.82, 2.24) is 14.1 Å². The average Bonchev–Trinajstić information content (AvgIpc) is 3.15. The van der Waals surface area contributed by atoms with Crippen LogP contribution in [0.2, 0.25) is 0 Å². The zero-order valence-corrected chi connectivity index (χ0v) is 17.2. The fourth-order valence-corrected chi connectivity index (χ4v) is 4.00. The highest BCUT2D eigenvalue weighted by molar-refractivity contribution is 7.89. The maximum Gasteiger partial charge on any atom is 0.338 e. The predicted octanol–water partition coefficient (Wildman–Crippen LogP) is 2.93. The molecule has 0 aliphatic rings. The number of hydrogen-bond donors (Lipinski definition) is 0. The van der Waals surface area contributed by atoms with Crippen LogP contribution in [-0.4, -0.2) is 42.1 Å². The van der Waals surface area contributed by atoms with Gasteiger partial charge in [-0.25, -0.2) is 13.2 Å². The van der Waals surface area contributed by atoms with Crippen molar-refractivity contribution in [2.24, 2.45) is 0 Å². The molecule has 3 rings (SSSR count). The van der Waals surface area contributed by atoms with Crippen molar-refractivity contribution in [2.75, 3.05) is 13.7 Å². The number of ether oxygens (including phenoxy) is 1. The fourth-order valence-electron chi connectivity index (χ4n) is 2.84. The number of benzene rings is 2. The van der Waals surface area contributed by atoms with Gasteiger partial charge in [0, 0.05) is 25.4 Å². The van der Waals surface area contributed by atoms with E-state index in [1.807, 2.05) is 36.5 Å². The van der Waals surface area contributed by atoms with E-state index >= 15 is 0 Å². The Morgan fingerprint density at radius 1 is 1.07 bits per heavy atom. The van der Waals surface area contributed by atoms with Crippen LogP contribution in [0.3, 0.4) is 0 Å². The zero-order chi connectivity index (χ0) is 20.9. The molecule has 0 amide bonds. The summed E-state index contributed by atoms with van der Waals surface area (Å²) in [6.07, 6.45) is 3.50. The first-order chi connectivity index (χ1) is 13.9. The number of nitrogens with zero attached hydrogens (tertiary/aromatic N) is 3. The van der Waals surface area contributed by atoms with Crippen molar-refractivity contribution in [1.29, 1.82) is 0 Å². The van der Waals surface area contributed by atoms with Crippen LogP contribution in [-0.2, 0) is 27.8 Å². The van der Waals surface area contributed by atoms with Crippen molar-refractivity contribution >= 4 is 16.0 Å². The summed E-state index contributed by atoms with van der Waals surface area (Å²) in [6.45, 7) is 2.79. The highest BCUT2D eigenvalue weighted by Gasteiger charge is 2.22. The molecule has 0 N–H and O–H groups in total. The normalized spacial score (nSPS) is 11.6. The minimum Gasteiger partial charge on any atom is -0.462 e. The van der Waals surface area contributed by atoms with Crippen LogP contribution in [0.4, 0.5) is 0 Å². The monoisotopic (exact) mass is 413 g/mol. The molecule has 0 aliphatic carbocycles. The number of esters is 1. The van der Waals surface area contributed by atoms with Gasteiger partial charge in [-0.2, -0.15) is 9.40 Å². The van der Waals surface area contributed by atoms with Gasteiger partial charge in [0.05, 0.1) is 29.8 Å². The van der Waals surface area contributed by atoms with E-state index < -0.39 is 16.0 Å². The first-order valence-electron chi connectivity index (χ1n) is 9.19. The second-order valence-electron chi connectivity index (χ2n) is 6.54. The van der Waals surface area contributed by atoms with E-state index in [0.717, 1.165) is 11.1 Å². The molecular formula is C21H23N3O4S. The number of aromatic nitrogens is 2. The zero-order valence-electron chi connectivity index (χ0n) is 16.4. The lowest BCUT2D eigenvalue weighted by Gasteiger charge is -2.16. The molecule has 0 atom stereocenters. The molecule has 0 aliphatic heterocycles. The summed E-state index contributed by atoms with van der Waals surface area (Å²) < 4.78 is 33.6. The smallest absolute Gasteiger partial charge is 0.338 e. The Kier molecular flexibility index (Phi) is 6.46. The predicted molar refractivity (Wildman–Crippen MR) is 109 cm³/mol. The van der Waals surface area contributed by atoms with Gasteiger partial charge in [0.25, 0.3) is 0 Å². The van der Waals surface area contributed by atoms with Crippen LogP contribution in [0.5, 0.6) is 0 Å². The van der Waals surface area contributed by atoms with Crippen molar-refractivity contribution in [2.45, 2.75) is 24.9 Å². The number of carbonyl (C=O) groups is 1. The van der Waals surface area contributed by atoms with Gasteiger partial charge >= 0.3 is 5.97 Å². The van der Waals surface area contributed by atoms with Gasteiger partial charge < -0.3 is 4.74 Å². The quantitative estimate of drug-likeness (QED) is 0.531. The number of rotatable bonds is 8. The molecule has 8 heteroatoms. The second-order valence-corrected chi connectivity index (χ2v) is 8.58. The van der Waals surface area contributed by atoms with Crippen LogP contribution in [0, 0.1) is 0 Å². The van der Waals surface area contributed by atoms with E-state index in [1.54, 1.807) is 17.8 Å². The standard InChI is InChI=1S/C21H23N3O4S/c1-3-28-21(25)19-9-11-20(12-10-19)29(26,27)23(2)14-18-13-22-24(16-18)15-17-7-5-4-6-8-17/h4-13,16H,3,14-15H2,1-2H3. The number of sulfonamides is 1. The van der Waals surface area contributed by atoms with Crippen LogP contribution >= 0.6 is 0 Å². The Labute approximate surface area is 170 Å². The van der Waals surface area contributed by atoms with Gasteiger partial charge in [-0.15, -0.1) is 0 Å². The first-order valence-corrected chi connectivity index (χ1v) is 10.6. The Hall–Kier alpha value is -2.97. The summed E-state index contributed by atoms with van der Waals surface area (Å²) in [5.74, 6) is -0.476. The van der Waals surface area contributed by atoms with Crippen molar-refractivity contribution in [3.63, 3.8) is 0 Å². The van der Waals surface area contributed by atoms with Crippen LogP contribution < -0.4 is 0 Å². The molecule has 0 saturated heterocycles. The molecule has 0 radical (unpaired) electrons. The van der Waals surface area contributed by atoms with Crippen molar-refractivity contribution < 1.29 is 17.9 Å². The Bertz CT molecular complexity index is 1060. The number of carbonyl (C=O) groups excluding carboxylic acids is 1. The SMILES string of the molecule is CCOC(=O)c1ccc(S(=O)(=O)N(C)Cc2cnn(Cc3ccccc3)c2)cc1. The molecule has 0 spiro atoms. The van der Waals surface area contributed by atoms with Crippen molar-refractivity contribution in [3.05, 3.63) is 83.7 Å². The third-order valence-electron chi connectivity index (χ3n) is 4.35. The molecule has 2 aromatic carbocycles. The second kappa shape index (κ2) is 9.02. The third kappa shape index (κ3) is 5.10. The average molecular weight is 413 g/mol. The molecule has 3 aromatic rings. The molecule has 7 nitrogen and oxygen atoms in total. The minimum absolute atomic E-state index is 0.115. The van der Waals surface area contributed by atoms with Crippen LogP contribution in [0.15, 0.2) is 71.9 Å². The van der Waals surface area contributed by atoms with Gasteiger partial charge in [0.15, 0.2) is 0 Å². The van der Waals surface area contributed by atoms with Crippen molar-refractivity contribution in [3.8, 4) is 0 Å². The molecule has 152 valence electrons. The van der Waals surface area contributed by atoms with Gasteiger partial charge in [0.2, 0.25) is 10.0 Å². The van der Waals surface area contributed by atoms with Crippen LogP contribution in [0.25, 0.3) is 0 Å². The lowest BCUT2D eigenvalue weighted by molar-refractivity contribution is 0.0526. The Morgan fingerprint density at radius 3 is 2.41 bits per heavy atom. The van der Waals surface area contributed by atoms with Gasteiger partial charge in [-0.3, -0.25) is 4.68 Å². The fraction of sp³-hybridized carbons (Fsp3) is 0.238. The third-order valence-corrected chi connectivity index (χ3v) is 6.17. The van der Waals surface area contributed by atoms with E-state index in [0.29, 0.717) is 12.1 Å². The number of hydrogen-bond acceptors (Lipinski definition) is 5. The van der Waals surface area contributed by atoms with E-state index in [2.05, 4.69) is 5.10 Å². The molecule has 0 saturated carbocycles. The first kappa shape index (κ1) is 20.8. The largest absolute Gasteiger partial charge is 0.462 e. The summed E-state index contributed by atoms with van der Waals surface area (Å²) in [4.78, 5) is 11.8. The summed E-state index contributed by atoms with van der Waals surface area (Å²) in [5, 5.41) is 4.31. The lowest BCUT2D eigenvalue weighted by Crippen LogP contribution is -2.26. The van der Waals surface area contributed by atoms with Gasteiger partial charge in [-0.05, 0) is 36.8 Å². The molecule has 0 bridgehead atoms. The summed E-state index contributed by atoms with van der Waals surface area (Å²) >= 11 is 0. The van der Waals surface area contributed by atoms with E-state index in [-0.39, 0.29) is 18.0 Å². The van der Waals surface area contributed by atoms with E-state index in [9.17, 15) is 13.2 Å². The topological polar surface area (TPSA) is 81.5 Å². The molecular weight excluding hydrogens is 390 g/mol. The van der Waals surface area contributed by atoms with Gasteiger partial charge in [-0.1, -0.05) is 30.3 Å². The highest BCUT2D eigenvalue weighted by atomic mass is 32.2. The summed E-state index contributed by atoms with van der Waals surface area (Å²) in [5.41, 5.74) is 2.22. The molecule has 0 fully saturated rings. The van der Waals surface area contributed by atoms with Crippen LogP contribution in [0.1, 0.15) is 28.4 Å². The Morgan fingerprint density at radius 2 is 1.76 bits per heavy atom. The molecule has 0 unspecified atom stereocenters. The van der Waals surface area contributed by atoms with Gasteiger partial charge in [0.1, 0.15) is 0 Å². The highest BCUT2D eigenvalue weighted by Crippen LogP contribution is 2.18. The van der Waals surface area contributed by atoms with E-state index in [1.165, 1.54) is 35.6 Å². The Balaban J connectivity index is 1.68.